The minimum Gasteiger partial charge on any atom is -0.398 e. The maximum absolute atomic E-state index is 13.6. The summed E-state index contributed by atoms with van der Waals surface area (Å²) in [5.74, 6) is 0.427. The molecule has 7 N–H and O–H groups in total. The lowest BCUT2D eigenvalue weighted by Gasteiger charge is -2.11. The van der Waals surface area contributed by atoms with Gasteiger partial charge in [-0.2, -0.15) is 13.2 Å². The molecule has 0 aromatic heterocycles. The third kappa shape index (κ3) is 13.3. The molecule has 0 radical (unpaired) electrons. The minimum absolute atomic E-state index is 0.00851. The number of nitrogens with two attached hydrogens (primary N) is 3. The third-order valence-electron chi connectivity index (χ3n) is 4.80. The van der Waals surface area contributed by atoms with Crippen molar-refractivity contribution in [2.24, 2.45) is 28.1 Å². The molecule has 0 unspecified atom stereocenters. The molecule has 1 aliphatic rings. The van der Waals surface area contributed by atoms with E-state index < -0.39 is 17.6 Å². The Balaban J connectivity index is 0.000000850. The summed E-state index contributed by atoms with van der Waals surface area (Å²) in [6, 6.07) is 10.9. The summed E-state index contributed by atoms with van der Waals surface area (Å²) in [4.78, 5) is 3.88. The number of halogens is 4. The summed E-state index contributed by atoms with van der Waals surface area (Å²) in [5.41, 5.74) is 15.3. The maximum atomic E-state index is 13.6. The Morgan fingerprint density at radius 3 is 2.17 bits per heavy atom. The number of alkyl halides is 3. The summed E-state index contributed by atoms with van der Waals surface area (Å²) in [6.07, 6.45) is 0.956. The molecule has 1 saturated carbocycles. The van der Waals surface area contributed by atoms with Gasteiger partial charge < -0.3 is 22.5 Å². The van der Waals surface area contributed by atoms with Crippen LogP contribution in [0.15, 0.2) is 59.6 Å². The van der Waals surface area contributed by atoms with Gasteiger partial charge in [0.1, 0.15) is 11.7 Å². The Bertz CT molecular complexity index is 922. The van der Waals surface area contributed by atoms with Gasteiger partial charge >= 0.3 is 6.18 Å². The fraction of sp³-hybridized carbons (Fsp3) is 0.444. The quantitative estimate of drug-likeness (QED) is 0.158. The minimum atomic E-state index is -4.47. The van der Waals surface area contributed by atoms with E-state index in [-0.39, 0.29) is 29.2 Å². The molecular weight excluding hydrogens is 470 g/mol. The van der Waals surface area contributed by atoms with Crippen molar-refractivity contribution < 1.29 is 17.6 Å². The standard InChI is InChI=1S/C17H15F4N3.C7H15N.C2H6.CH5N/c18-14-8-4-2-6-12(14)15(22)9-16(23)24-10-11-5-1-3-7-13(11)17(19,20)21;1-2-5-8-6-7-3-4-7;2*1-2/h1-9H,10,22H2,(H2,23,24);7-8H,2-6H2,1H3;1-2H3;2H2,1H3/b15-9-;;;. The van der Waals surface area contributed by atoms with Crippen LogP contribution in [-0.2, 0) is 12.7 Å². The molecule has 0 amide bonds. The lowest BCUT2D eigenvalue weighted by molar-refractivity contribution is -0.138. The fourth-order valence-electron chi connectivity index (χ4n) is 2.89. The maximum Gasteiger partial charge on any atom is 0.416 e. The molecule has 2 aromatic rings. The number of aliphatic imine (C=N–C) groups is 1. The van der Waals surface area contributed by atoms with Crippen molar-refractivity contribution in [2.45, 2.75) is 52.8 Å². The first kappa shape index (κ1) is 33.1. The Labute approximate surface area is 212 Å². The van der Waals surface area contributed by atoms with Crippen LogP contribution >= 0.6 is 0 Å². The molecule has 0 atom stereocenters. The van der Waals surface area contributed by atoms with Gasteiger partial charge in [-0.1, -0.05) is 51.1 Å². The molecule has 5 nitrogen and oxygen atoms in total. The highest BCUT2D eigenvalue weighted by molar-refractivity contribution is 5.97. The molecule has 0 saturated heterocycles. The summed E-state index contributed by atoms with van der Waals surface area (Å²) >= 11 is 0. The van der Waals surface area contributed by atoms with E-state index in [1.165, 1.54) is 81.9 Å². The summed E-state index contributed by atoms with van der Waals surface area (Å²) in [7, 11) is 1.50. The van der Waals surface area contributed by atoms with Crippen molar-refractivity contribution >= 4 is 11.5 Å². The van der Waals surface area contributed by atoms with Gasteiger partial charge in [-0.3, -0.25) is 4.99 Å². The molecule has 0 bridgehead atoms. The van der Waals surface area contributed by atoms with E-state index >= 15 is 0 Å². The van der Waals surface area contributed by atoms with Crippen LogP contribution in [0.1, 0.15) is 56.7 Å². The van der Waals surface area contributed by atoms with E-state index in [1.54, 1.807) is 6.07 Å². The molecule has 1 aliphatic carbocycles. The van der Waals surface area contributed by atoms with Crippen molar-refractivity contribution in [1.29, 1.82) is 0 Å². The highest BCUT2D eigenvalue weighted by Crippen LogP contribution is 2.32. The molecule has 0 heterocycles. The first-order chi connectivity index (χ1) is 17.2. The van der Waals surface area contributed by atoms with E-state index in [2.05, 4.69) is 23.0 Å². The summed E-state index contributed by atoms with van der Waals surface area (Å²) in [6.45, 7) is 8.42. The number of hydrogen-bond acceptors (Lipinski definition) is 4. The number of rotatable bonds is 8. The fourth-order valence-corrected chi connectivity index (χ4v) is 2.89. The zero-order valence-corrected chi connectivity index (χ0v) is 21.7. The van der Waals surface area contributed by atoms with E-state index in [4.69, 9.17) is 11.5 Å². The predicted molar refractivity (Wildman–Crippen MR) is 143 cm³/mol. The molecule has 3 rings (SSSR count). The second-order valence-electron chi connectivity index (χ2n) is 7.62. The van der Waals surface area contributed by atoms with Gasteiger partial charge in [0.2, 0.25) is 0 Å². The second-order valence-corrected chi connectivity index (χ2v) is 7.62. The van der Waals surface area contributed by atoms with Gasteiger partial charge in [0.25, 0.3) is 0 Å². The van der Waals surface area contributed by atoms with Gasteiger partial charge in [-0.25, -0.2) is 4.39 Å². The van der Waals surface area contributed by atoms with Crippen LogP contribution in [-0.4, -0.2) is 26.0 Å². The van der Waals surface area contributed by atoms with Gasteiger partial charge in [0.05, 0.1) is 12.1 Å². The van der Waals surface area contributed by atoms with Crippen LogP contribution in [0.3, 0.4) is 0 Å². The number of amidine groups is 1. The van der Waals surface area contributed by atoms with Crippen molar-refractivity contribution in [3.8, 4) is 0 Å². The van der Waals surface area contributed by atoms with Crippen molar-refractivity contribution in [3.05, 3.63) is 77.1 Å². The molecule has 202 valence electrons. The van der Waals surface area contributed by atoms with Gasteiger partial charge in [-0.05, 0) is 69.1 Å². The number of nitrogens with one attached hydrogen (secondary N) is 1. The Hall–Kier alpha value is -2.91. The Kier molecular flexibility index (Phi) is 16.9. The summed E-state index contributed by atoms with van der Waals surface area (Å²) in [5, 5.41) is 3.40. The highest BCUT2D eigenvalue weighted by Gasteiger charge is 2.32. The lowest BCUT2D eigenvalue weighted by atomic mass is 10.1. The van der Waals surface area contributed by atoms with Crippen LogP contribution in [0.25, 0.3) is 5.70 Å². The van der Waals surface area contributed by atoms with Crippen LogP contribution < -0.4 is 22.5 Å². The first-order valence-electron chi connectivity index (χ1n) is 12.2. The molecule has 1 fully saturated rings. The first-order valence-corrected chi connectivity index (χ1v) is 12.2. The second kappa shape index (κ2) is 18.4. The van der Waals surface area contributed by atoms with Crippen LogP contribution in [0.4, 0.5) is 17.6 Å². The van der Waals surface area contributed by atoms with Crippen LogP contribution in [0.5, 0.6) is 0 Å². The van der Waals surface area contributed by atoms with E-state index in [1.807, 2.05) is 13.8 Å². The van der Waals surface area contributed by atoms with E-state index in [9.17, 15) is 17.6 Å². The SMILES string of the molecule is CC.CCCNCC1CC1.CN.NC(/C=C(\N)c1ccccc1F)=NCc1ccccc1C(F)(F)F. The van der Waals surface area contributed by atoms with Crippen molar-refractivity contribution in [3.63, 3.8) is 0 Å². The number of hydrogen-bond donors (Lipinski definition) is 4. The Morgan fingerprint density at radius 1 is 1.03 bits per heavy atom. The van der Waals surface area contributed by atoms with E-state index in [0.717, 1.165) is 12.0 Å². The van der Waals surface area contributed by atoms with Crippen LogP contribution in [0.2, 0.25) is 0 Å². The normalized spacial score (nSPS) is 13.4. The average molecular weight is 512 g/mol. The van der Waals surface area contributed by atoms with Gasteiger partial charge in [0, 0.05) is 17.3 Å². The predicted octanol–water partition coefficient (Wildman–Crippen LogP) is 5.70. The number of nitrogens with zero attached hydrogens (tertiary/aromatic N) is 1. The zero-order chi connectivity index (χ0) is 27.6. The monoisotopic (exact) mass is 511 g/mol. The van der Waals surface area contributed by atoms with E-state index in [0.29, 0.717) is 0 Å². The molecule has 9 heteroatoms. The lowest BCUT2D eigenvalue weighted by Crippen LogP contribution is -2.16. The average Bonchev–Trinajstić information content (AvgIpc) is 3.70. The zero-order valence-electron chi connectivity index (χ0n) is 21.7. The van der Waals surface area contributed by atoms with Gasteiger partial charge in [0.15, 0.2) is 0 Å². The molecular formula is C27H41F4N5. The van der Waals surface area contributed by atoms with Crippen molar-refractivity contribution in [2.75, 3.05) is 20.1 Å². The molecule has 0 spiro atoms. The molecule has 36 heavy (non-hydrogen) atoms. The van der Waals surface area contributed by atoms with Crippen LogP contribution in [0, 0.1) is 11.7 Å². The molecule has 0 aliphatic heterocycles. The summed E-state index contributed by atoms with van der Waals surface area (Å²) < 4.78 is 52.3. The topological polar surface area (TPSA) is 102 Å². The smallest absolute Gasteiger partial charge is 0.398 e. The van der Waals surface area contributed by atoms with Crippen molar-refractivity contribution in [1.82, 2.24) is 5.32 Å². The molecule has 2 aromatic carbocycles. The Morgan fingerprint density at radius 2 is 1.61 bits per heavy atom. The highest BCUT2D eigenvalue weighted by atomic mass is 19.4. The number of benzene rings is 2. The largest absolute Gasteiger partial charge is 0.416 e. The van der Waals surface area contributed by atoms with Gasteiger partial charge in [-0.15, -0.1) is 0 Å². The third-order valence-corrected chi connectivity index (χ3v) is 4.80.